The van der Waals surface area contributed by atoms with Crippen LogP contribution in [0, 0.1) is 5.92 Å². The Balaban J connectivity index is 2.32. The third-order valence-corrected chi connectivity index (χ3v) is 4.08. The molecule has 0 saturated heterocycles. The van der Waals surface area contributed by atoms with Crippen molar-refractivity contribution < 1.29 is 19.1 Å². The van der Waals surface area contributed by atoms with Gasteiger partial charge in [0.2, 0.25) is 0 Å². The second-order valence-corrected chi connectivity index (χ2v) is 6.98. The molecule has 0 N–H and O–H groups in total. The maximum absolute atomic E-state index is 12.1. The van der Waals surface area contributed by atoms with Crippen LogP contribution in [0.2, 0.25) is 0 Å². The van der Waals surface area contributed by atoms with E-state index < -0.39 is 11.9 Å². The SMILES string of the molecule is CCCCCCCCCOC(=O)c1cccc(C(=O)OCCC(C)C)n1. The van der Waals surface area contributed by atoms with Gasteiger partial charge < -0.3 is 9.47 Å². The van der Waals surface area contributed by atoms with Gasteiger partial charge >= 0.3 is 11.9 Å². The molecule has 0 radical (unpaired) electrons. The standard InChI is InChI=1S/C21H33NO4/c1-4-5-6-7-8-9-10-15-25-20(23)18-12-11-13-19(22-18)21(24)26-16-14-17(2)3/h11-13,17H,4-10,14-16H2,1-3H3. The van der Waals surface area contributed by atoms with Gasteiger partial charge in [-0.3, -0.25) is 0 Å². The highest BCUT2D eigenvalue weighted by Crippen LogP contribution is 2.08. The lowest BCUT2D eigenvalue weighted by molar-refractivity contribution is 0.0476. The van der Waals surface area contributed by atoms with Crippen molar-refractivity contribution in [3.05, 3.63) is 29.6 Å². The van der Waals surface area contributed by atoms with Gasteiger partial charge in [0.25, 0.3) is 0 Å². The lowest BCUT2D eigenvalue weighted by atomic mass is 10.1. The highest BCUT2D eigenvalue weighted by atomic mass is 16.5. The molecule has 0 amide bonds. The Bertz CT molecular complexity index is 543. The summed E-state index contributed by atoms with van der Waals surface area (Å²) in [6.45, 7) is 7.07. The van der Waals surface area contributed by atoms with Gasteiger partial charge in [-0.15, -0.1) is 0 Å². The smallest absolute Gasteiger partial charge is 0.356 e. The van der Waals surface area contributed by atoms with Crippen LogP contribution in [0.15, 0.2) is 18.2 Å². The third kappa shape index (κ3) is 9.54. The molecule has 5 nitrogen and oxygen atoms in total. The fraction of sp³-hybridized carbons (Fsp3) is 0.667. The molecule has 1 aromatic heterocycles. The second-order valence-electron chi connectivity index (χ2n) is 6.98. The lowest BCUT2D eigenvalue weighted by Gasteiger charge is -2.08. The first-order chi connectivity index (χ1) is 12.5. The number of aromatic nitrogens is 1. The number of carbonyl (C=O) groups is 2. The zero-order valence-corrected chi connectivity index (χ0v) is 16.5. The van der Waals surface area contributed by atoms with Crippen LogP contribution in [0.4, 0.5) is 0 Å². The van der Waals surface area contributed by atoms with Gasteiger partial charge in [-0.2, -0.15) is 0 Å². The van der Waals surface area contributed by atoms with E-state index in [-0.39, 0.29) is 11.4 Å². The Hall–Kier alpha value is -1.91. The number of carbonyl (C=O) groups excluding carboxylic acids is 2. The van der Waals surface area contributed by atoms with E-state index in [4.69, 9.17) is 9.47 Å². The average Bonchev–Trinajstić information content (AvgIpc) is 2.63. The predicted octanol–water partition coefficient (Wildman–Crippen LogP) is 5.19. The molecule has 0 spiro atoms. The first kappa shape index (κ1) is 22.1. The minimum absolute atomic E-state index is 0.138. The molecule has 0 aliphatic heterocycles. The number of esters is 2. The van der Waals surface area contributed by atoms with Crippen molar-refractivity contribution in [2.75, 3.05) is 13.2 Å². The van der Waals surface area contributed by atoms with Crippen molar-refractivity contribution >= 4 is 11.9 Å². The van der Waals surface area contributed by atoms with Gasteiger partial charge in [-0.1, -0.05) is 65.4 Å². The fourth-order valence-corrected chi connectivity index (χ4v) is 2.42. The molecule has 5 heteroatoms. The minimum atomic E-state index is -0.507. The van der Waals surface area contributed by atoms with E-state index in [1.165, 1.54) is 32.1 Å². The summed E-state index contributed by atoms with van der Waals surface area (Å²) in [5.74, 6) is -0.538. The molecule has 0 bridgehead atoms. The van der Waals surface area contributed by atoms with Crippen molar-refractivity contribution in [1.29, 1.82) is 0 Å². The average molecular weight is 363 g/mol. The Labute approximate surface area is 157 Å². The highest BCUT2D eigenvalue weighted by molar-refractivity contribution is 5.91. The fourth-order valence-electron chi connectivity index (χ4n) is 2.42. The first-order valence-electron chi connectivity index (χ1n) is 9.86. The van der Waals surface area contributed by atoms with E-state index in [1.807, 2.05) is 0 Å². The Morgan fingerprint density at radius 2 is 1.42 bits per heavy atom. The molecule has 0 atom stereocenters. The summed E-state index contributed by atoms with van der Waals surface area (Å²) in [5, 5.41) is 0. The Morgan fingerprint density at radius 3 is 2.00 bits per heavy atom. The summed E-state index contributed by atoms with van der Waals surface area (Å²) < 4.78 is 10.4. The van der Waals surface area contributed by atoms with Crippen LogP contribution >= 0.6 is 0 Å². The van der Waals surface area contributed by atoms with E-state index in [0.29, 0.717) is 19.1 Å². The molecular weight excluding hydrogens is 330 g/mol. The summed E-state index contributed by atoms with van der Waals surface area (Å²) in [6, 6.07) is 4.72. The monoisotopic (exact) mass is 363 g/mol. The van der Waals surface area contributed by atoms with E-state index in [2.05, 4.69) is 25.8 Å². The Kier molecular flexibility index (Phi) is 11.3. The molecule has 146 valence electrons. The van der Waals surface area contributed by atoms with Crippen LogP contribution in [0.1, 0.15) is 93.1 Å². The van der Waals surface area contributed by atoms with Crippen LogP contribution < -0.4 is 0 Å². The Morgan fingerprint density at radius 1 is 0.885 bits per heavy atom. The first-order valence-corrected chi connectivity index (χ1v) is 9.86. The van der Waals surface area contributed by atoms with Gasteiger partial charge in [0.05, 0.1) is 13.2 Å². The van der Waals surface area contributed by atoms with E-state index in [1.54, 1.807) is 18.2 Å². The van der Waals surface area contributed by atoms with E-state index in [9.17, 15) is 9.59 Å². The van der Waals surface area contributed by atoms with Crippen LogP contribution in [-0.4, -0.2) is 30.1 Å². The second kappa shape index (κ2) is 13.3. The van der Waals surface area contributed by atoms with Crippen molar-refractivity contribution in [2.45, 2.75) is 72.1 Å². The van der Waals surface area contributed by atoms with Crippen LogP contribution in [0.5, 0.6) is 0 Å². The van der Waals surface area contributed by atoms with Gasteiger partial charge in [0.1, 0.15) is 11.4 Å². The van der Waals surface area contributed by atoms with Crippen molar-refractivity contribution in [3.63, 3.8) is 0 Å². The van der Waals surface area contributed by atoms with Crippen molar-refractivity contribution in [3.8, 4) is 0 Å². The van der Waals surface area contributed by atoms with Gasteiger partial charge in [0, 0.05) is 0 Å². The summed E-state index contributed by atoms with van der Waals surface area (Å²) in [4.78, 5) is 28.1. The molecule has 0 aliphatic carbocycles. The van der Waals surface area contributed by atoms with E-state index >= 15 is 0 Å². The van der Waals surface area contributed by atoms with Gasteiger partial charge in [-0.05, 0) is 30.9 Å². The van der Waals surface area contributed by atoms with Crippen LogP contribution in [-0.2, 0) is 9.47 Å². The summed E-state index contributed by atoms with van der Waals surface area (Å²) >= 11 is 0. The molecule has 0 saturated carbocycles. The maximum Gasteiger partial charge on any atom is 0.356 e. The predicted molar refractivity (Wildman–Crippen MR) is 102 cm³/mol. The zero-order chi connectivity index (χ0) is 19.2. The molecule has 0 aliphatic rings. The minimum Gasteiger partial charge on any atom is -0.461 e. The number of ether oxygens (including phenoxy) is 2. The number of hydrogen-bond acceptors (Lipinski definition) is 5. The van der Waals surface area contributed by atoms with Crippen molar-refractivity contribution in [1.82, 2.24) is 4.98 Å². The van der Waals surface area contributed by atoms with Crippen molar-refractivity contribution in [2.24, 2.45) is 5.92 Å². The molecule has 26 heavy (non-hydrogen) atoms. The number of nitrogens with zero attached hydrogens (tertiary/aromatic N) is 1. The van der Waals surface area contributed by atoms with E-state index in [0.717, 1.165) is 19.3 Å². The maximum atomic E-state index is 12.1. The molecule has 1 aromatic rings. The van der Waals surface area contributed by atoms with Gasteiger partial charge in [0.15, 0.2) is 0 Å². The molecule has 0 unspecified atom stereocenters. The third-order valence-electron chi connectivity index (χ3n) is 4.08. The largest absolute Gasteiger partial charge is 0.461 e. The summed E-state index contributed by atoms with van der Waals surface area (Å²) in [5.41, 5.74) is 0.283. The number of hydrogen-bond donors (Lipinski definition) is 0. The zero-order valence-electron chi connectivity index (χ0n) is 16.5. The molecule has 1 rings (SSSR count). The van der Waals surface area contributed by atoms with Crippen LogP contribution in [0.3, 0.4) is 0 Å². The molecule has 0 fully saturated rings. The summed E-state index contributed by atoms with van der Waals surface area (Å²) in [6.07, 6.45) is 8.94. The van der Waals surface area contributed by atoms with Gasteiger partial charge in [-0.25, -0.2) is 14.6 Å². The number of unbranched alkanes of at least 4 members (excludes halogenated alkanes) is 6. The number of rotatable bonds is 13. The quantitative estimate of drug-likeness (QED) is 0.356. The van der Waals surface area contributed by atoms with Crippen LogP contribution in [0.25, 0.3) is 0 Å². The summed E-state index contributed by atoms with van der Waals surface area (Å²) in [7, 11) is 0. The molecular formula is C21H33NO4. The highest BCUT2D eigenvalue weighted by Gasteiger charge is 2.14. The molecule has 0 aromatic carbocycles. The normalized spacial score (nSPS) is 10.8. The molecule has 1 heterocycles. The lowest BCUT2D eigenvalue weighted by Crippen LogP contribution is -2.14. The number of pyridine rings is 1. The topological polar surface area (TPSA) is 65.5 Å².